The molecule has 5 nitrogen and oxygen atoms in total. The lowest BCUT2D eigenvalue weighted by Gasteiger charge is -2.31. The molecule has 0 aromatic heterocycles. The van der Waals surface area contributed by atoms with Crippen molar-refractivity contribution in [1.82, 2.24) is 4.31 Å². The number of aliphatic hydroxyl groups excluding tert-OH is 1. The molecule has 0 amide bonds. The Bertz CT molecular complexity index is 317. The zero-order valence-corrected chi connectivity index (χ0v) is 11.4. The quantitative estimate of drug-likeness (QED) is 0.757. The van der Waals surface area contributed by atoms with Gasteiger partial charge in [0.05, 0.1) is 19.0 Å². The van der Waals surface area contributed by atoms with Gasteiger partial charge in [0, 0.05) is 19.7 Å². The molecular formula is C11H23NO4S. The van der Waals surface area contributed by atoms with E-state index in [2.05, 4.69) is 0 Å². The van der Waals surface area contributed by atoms with Crippen molar-refractivity contribution >= 4 is 10.0 Å². The SMILES string of the molecule is CCOCC(O)CC1CCCN(S(C)(=O)=O)C1. The summed E-state index contributed by atoms with van der Waals surface area (Å²) in [4.78, 5) is 0. The third kappa shape index (κ3) is 5.33. The van der Waals surface area contributed by atoms with E-state index in [1.807, 2.05) is 6.92 Å². The molecule has 1 N–H and O–H groups in total. The first kappa shape index (κ1) is 14.9. The molecule has 1 saturated heterocycles. The van der Waals surface area contributed by atoms with E-state index >= 15 is 0 Å². The standard InChI is InChI=1S/C11H23NO4S/c1-3-16-9-11(13)7-10-5-4-6-12(8-10)17(2,14)15/h10-11,13H,3-9H2,1-2H3. The molecule has 1 aliphatic heterocycles. The van der Waals surface area contributed by atoms with Crippen LogP contribution in [0.1, 0.15) is 26.2 Å². The number of rotatable bonds is 6. The molecule has 0 aromatic carbocycles. The monoisotopic (exact) mass is 265 g/mol. The molecule has 102 valence electrons. The maximum absolute atomic E-state index is 11.4. The lowest BCUT2D eigenvalue weighted by atomic mass is 9.94. The number of sulfonamides is 1. The summed E-state index contributed by atoms with van der Waals surface area (Å²) in [5.41, 5.74) is 0. The van der Waals surface area contributed by atoms with Crippen molar-refractivity contribution in [3.05, 3.63) is 0 Å². The van der Waals surface area contributed by atoms with E-state index in [0.29, 0.717) is 32.7 Å². The third-order valence-electron chi connectivity index (χ3n) is 3.07. The molecular weight excluding hydrogens is 242 g/mol. The Labute approximate surface area is 104 Å². The third-order valence-corrected chi connectivity index (χ3v) is 4.34. The predicted molar refractivity (Wildman–Crippen MR) is 66.3 cm³/mol. The van der Waals surface area contributed by atoms with Gasteiger partial charge in [-0.05, 0) is 32.1 Å². The van der Waals surface area contributed by atoms with E-state index in [9.17, 15) is 13.5 Å². The van der Waals surface area contributed by atoms with E-state index in [-0.39, 0.29) is 5.92 Å². The second-order valence-electron chi connectivity index (χ2n) is 4.68. The van der Waals surface area contributed by atoms with Crippen LogP contribution in [-0.4, -0.2) is 56.5 Å². The second kappa shape index (κ2) is 6.68. The van der Waals surface area contributed by atoms with E-state index in [0.717, 1.165) is 12.8 Å². The molecule has 0 aliphatic carbocycles. The highest BCUT2D eigenvalue weighted by molar-refractivity contribution is 7.88. The fourth-order valence-electron chi connectivity index (χ4n) is 2.23. The Balaban J connectivity index is 2.39. The summed E-state index contributed by atoms with van der Waals surface area (Å²) in [7, 11) is -3.09. The molecule has 2 unspecified atom stereocenters. The van der Waals surface area contributed by atoms with Crippen molar-refractivity contribution in [2.24, 2.45) is 5.92 Å². The van der Waals surface area contributed by atoms with Gasteiger partial charge >= 0.3 is 0 Å². The summed E-state index contributed by atoms with van der Waals surface area (Å²) in [6.07, 6.45) is 3.23. The smallest absolute Gasteiger partial charge is 0.211 e. The molecule has 1 fully saturated rings. The summed E-state index contributed by atoms with van der Waals surface area (Å²) in [6, 6.07) is 0. The van der Waals surface area contributed by atoms with E-state index in [1.165, 1.54) is 10.6 Å². The van der Waals surface area contributed by atoms with Gasteiger partial charge in [-0.15, -0.1) is 0 Å². The normalized spacial score (nSPS) is 24.8. The van der Waals surface area contributed by atoms with Crippen LogP contribution >= 0.6 is 0 Å². The Morgan fingerprint density at radius 3 is 2.82 bits per heavy atom. The zero-order valence-electron chi connectivity index (χ0n) is 10.6. The van der Waals surface area contributed by atoms with Gasteiger partial charge in [-0.25, -0.2) is 12.7 Å². The fourth-order valence-corrected chi connectivity index (χ4v) is 3.17. The molecule has 2 atom stereocenters. The van der Waals surface area contributed by atoms with Gasteiger partial charge < -0.3 is 9.84 Å². The second-order valence-corrected chi connectivity index (χ2v) is 6.66. The van der Waals surface area contributed by atoms with Crippen LogP contribution < -0.4 is 0 Å². The highest BCUT2D eigenvalue weighted by Gasteiger charge is 2.27. The van der Waals surface area contributed by atoms with E-state index in [4.69, 9.17) is 4.74 Å². The van der Waals surface area contributed by atoms with Gasteiger partial charge in [0.15, 0.2) is 0 Å². The van der Waals surface area contributed by atoms with Gasteiger partial charge in [-0.3, -0.25) is 0 Å². The van der Waals surface area contributed by atoms with Crippen molar-refractivity contribution in [2.45, 2.75) is 32.3 Å². The lowest BCUT2D eigenvalue weighted by molar-refractivity contribution is 0.0243. The molecule has 0 aromatic rings. The Morgan fingerprint density at radius 2 is 2.24 bits per heavy atom. The minimum absolute atomic E-state index is 0.244. The van der Waals surface area contributed by atoms with Gasteiger partial charge in [0.1, 0.15) is 0 Å². The number of hydrogen-bond donors (Lipinski definition) is 1. The van der Waals surface area contributed by atoms with Crippen LogP contribution in [-0.2, 0) is 14.8 Å². The molecule has 0 saturated carbocycles. The highest BCUT2D eigenvalue weighted by Crippen LogP contribution is 2.22. The number of hydrogen-bond acceptors (Lipinski definition) is 4. The van der Waals surface area contributed by atoms with Crippen LogP contribution in [0.15, 0.2) is 0 Å². The zero-order chi connectivity index (χ0) is 12.9. The fraction of sp³-hybridized carbons (Fsp3) is 1.00. The van der Waals surface area contributed by atoms with Crippen molar-refractivity contribution in [3.8, 4) is 0 Å². The van der Waals surface area contributed by atoms with Gasteiger partial charge in [-0.2, -0.15) is 0 Å². The summed E-state index contributed by atoms with van der Waals surface area (Å²) >= 11 is 0. The molecule has 0 spiro atoms. The molecule has 0 radical (unpaired) electrons. The number of aliphatic hydroxyl groups is 1. The Kier molecular flexibility index (Phi) is 5.85. The Morgan fingerprint density at radius 1 is 1.53 bits per heavy atom. The molecule has 6 heteroatoms. The molecule has 1 rings (SSSR count). The summed E-state index contributed by atoms with van der Waals surface area (Å²) in [5, 5.41) is 9.73. The number of piperidine rings is 1. The first-order valence-electron chi connectivity index (χ1n) is 6.14. The summed E-state index contributed by atoms with van der Waals surface area (Å²) in [6.45, 7) is 3.96. The minimum Gasteiger partial charge on any atom is -0.391 e. The van der Waals surface area contributed by atoms with E-state index in [1.54, 1.807) is 0 Å². The van der Waals surface area contributed by atoms with Crippen LogP contribution in [0.4, 0.5) is 0 Å². The minimum atomic E-state index is -3.09. The van der Waals surface area contributed by atoms with Crippen LogP contribution in [0.3, 0.4) is 0 Å². The number of ether oxygens (including phenoxy) is 1. The topological polar surface area (TPSA) is 66.8 Å². The highest BCUT2D eigenvalue weighted by atomic mass is 32.2. The maximum atomic E-state index is 11.4. The first-order chi connectivity index (χ1) is 7.93. The van der Waals surface area contributed by atoms with E-state index < -0.39 is 16.1 Å². The van der Waals surface area contributed by atoms with Gasteiger partial charge in [0.2, 0.25) is 10.0 Å². The van der Waals surface area contributed by atoms with Crippen molar-refractivity contribution in [2.75, 3.05) is 32.6 Å². The Hall–Kier alpha value is -0.170. The molecule has 1 heterocycles. The lowest BCUT2D eigenvalue weighted by Crippen LogP contribution is -2.40. The van der Waals surface area contributed by atoms with Crippen molar-refractivity contribution in [1.29, 1.82) is 0 Å². The van der Waals surface area contributed by atoms with Gasteiger partial charge in [-0.1, -0.05) is 0 Å². The molecule has 17 heavy (non-hydrogen) atoms. The maximum Gasteiger partial charge on any atom is 0.211 e. The number of nitrogens with zero attached hydrogens (tertiary/aromatic N) is 1. The van der Waals surface area contributed by atoms with Crippen LogP contribution in [0.5, 0.6) is 0 Å². The predicted octanol–water partition coefficient (Wildman–Crippen LogP) is 0.446. The van der Waals surface area contributed by atoms with Crippen molar-refractivity contribution in [3.63, 3.8) is 0 Å². The van der Waals surface area contributed by atoms with Crippen molar-refractivity contribution < 1.29 is 18.3 Å². The molecule has 1 aliphatic rings. The average Bonchev–Trinajstić information content (AvgIpc) is 2.25. The van der Waals surface area contributed by atoms with Crippen LogP contribution in [0.2, 0.25) is 0 Å². The summed E-state index contributed by atoms with van der Waals surface area (Å²) < 4.78 is 29.5. The average molecular weight is 265 g/mol. The molecule has 0 bridgehead atoms. The van der Waals surface area contributed by atoms with Crippen LogP contribution in [0.25, 0.3) is 0 Å². The van der Waals surface area contributed by atoms with Crippen LogP contribution in [0, 0.1) is 5.92 Å². The largest absolute Gasteiger partial charge is 0.391 e. The van der Waals surface area contributed by atoms with Gasteiger partial charge in [0.25, 0.3) is 0 Å². The first-order valence-corrected chi connectivity index (χ1v) is 7.99. The summed E-state index contributed by atoms with van der Waals surface area (Å²) in [5.74, 6) is 0.244.